The van der Waals surface area contributed by atoms with Gasteiger partial charge in [-0.2, -0.15) is 0 Å². The second-order valence-corrected chi connectivity index (χ2v) is 4.33. The molecule has 0 bridgehead atoms. The van der Waals surface area contributed by atoms with Crippen LogP contribution in [-0.2, 0) is 9.59 Å². The fourth-order valence-electron chi connectivity index (χ4n) is 1.63. The van der Waals surface area contributed by atoms with Gasteiger partial charge in [-0.3, -0.25) is 4.79 Å². The van der Waals surface area contributed by atoms with Crippen LogP contribution in [0.15, 0.2) is 24.3 Å². The molecule has 1 unspecified atom stereocenters. The van der Waals surface area contributed by atoms with Crippen LogP contribution in [0.5, 0.6) is 5.75 Å². The highest BCUT2D eigenvalue weighted by molar-refractivity contribution is 5.83. The van der Waals surface area contributed by atoms with Gasteiger partial charge in [0.1, 0.15) is 11.8 Å². The van der Waals surface area contributed by atoms with E-state index in [0.29, 0.717) is 5.75 Å². The van der Waals surface area contributed by atoms with E-state index in [1.807, 2.05) is 25.1 Å². The number of carbonyl (C=O) groups excluding carboxylic acids is 1. The zero-order valence-electron chi connectivity index (χ0n) is 11.3. The van der Waals surface area contributed by atoms with Crippen LogP contribution in [0.4, 0.5) is 0 Å². The molecule has 0 saturated carbocycles. The summed E-state index contributed by atoms with van der Waals surface area (Å²) in [4.78, 5) is 22.4. The summed E-state index contributed by atoms with van der Waals surface area (Å²) in [5.74, 6) is -0.878. The summed E-state index contributed by atoms with van der Waals surface area (Å²) in [5.41, 5.74) is 0.969. The van der Waals surface area contributed by atoms with Crippen molar-refractivity contribution < 1.29 is 24.5 Å². The molecule has 1 amide bonds. The average molecular weight is 281 g/mol. The van der Waals surface area contributed by atoms with Gasteiger partial charge in [0.2, 0.25) is 5.91 Å². The maximum absolute atomic E-state index is 11.6. The predicted molar refractivity (Wildman–Crippen MR) is 72.6 cm³/mol. The fraction of sp³-hybridized carbons (Fsp3) is 0.429. The van der Waals surface area contributed by atoms with Crippen LogP contribution in [0.25, 0.3) is 0 Å². The highest BCUT2D eigenvalue weighted by atomic mass is 16.5. The number of carboxylic acids is 1. The van der Waals surface area contributed by atoms with Crippen molar-refractivity contribution >= 4 is 11.9 Å². The standard InChI is InChI=1S/C14H19NO5/c1-10-4-2-3-5-12(10)20-9-7-13(17)15-11(6-8-16)14(18)19/h2-5,11,16H,6-9H2,1H3,(H,15,17)(H,18,19). The number of hydrogen-bond acceptors (Lipinski definition) is 4. The van der Waals surface area contributed by atoms with Crippen molar-refractivity contribution in [1.29, 1.82) is 0 Å². The van der Waals surface area contributed by atoms with Gasteiger partial charge in [0, 0.05) is 13.0 Å². The molecule has 6 nitrogen and oxygen atoms in total. The molecule has 0 fully saturated rings. The summed E-state index contributed by atoms with van der Waals surface area (Å²) in [6.45, 7) is 1.77. The number of aliphatic carboxylic acids is 1. The minimum atomic E-state index is -1.16. The Balaban J connectivity index is 2.36. The summed E-state index contributed by atoms with van der Waals surface area (Å²) in [5, 5.41) is 19.9. The molecule has 1 rings (SSSR count). The minimum absolute atomic E-state index is 0.0142. The maximum atomic E-state index is 11.6. The summed E-state index contributed by atoms with van der Waals surface area (Å²) in [6, 6.07) is 6.37. The smallest absolute Gasteiger partial charge is 0.326 e. The van der Waals surface area contributed by atoms with E-state index in [1.54, 1.807) is 6.07 Å². The second kappa shape index (κ2) is 8.16. The van der Waals surface area contributed by atoms with Crippen molar-refractivity contribution in [3.8, 4) is 5.75 Å². The quantitative estimate of drug-likeness (QED) is 0.652. The number of hydrogen-bond donors (Lipinski definition) is 3. The number of nitrogens with one attached hydrogen (secondary N) is 1. The molecule has 0 spiro atoms. The Labute approximate surface area is 117 Å². The van der Waals surface area contributed by atoms with Crippen LogP contribution in [0.3, 0.4) is 0 Å². The third kappa shape index (κ3) is 5.27. The topological polar surface area (TPSA) is 95.9 Å². The van der Waals surface area contributed by atoms with Crippen LogP contribution < -0.4 is 10.1 Å². The molecule has 1 atom stereocenters. The normalized spacial score (nSPS) is 11.7. The molecular weight excluding hydrogens is 262 g/mol. The number of aliphatic hydroxyl groups is 1. The van der Waals surface area contributed by atoms with Crippen molar-refractivity contribution in [1.82, 2.24) is 5.32 Å². The number of benzene rings is 1. The van der Waals surface area contributed by atoms with Gasteiger partial charge in [0.05, 0.1) is 13.0 Å². The number of carboxylic acid groups (broad SMARTS) is 1. The van der Waals surface area contributed by atoms with E-state index < -0.39 is 17.9 Å². The predicted octanol–water partition coefficient (Wildman–Crippen LogP) is 0.716. The molecule has 0 aliphatic heterocycles. The fourth-order valence-corrected chi connectivity index (χ4v) is 1.63. The van der Waals surface area contributed by atoms with E-state index in [-0.39, 0.29) is 26.1 Å². The number of rotatable bonds is 8. The molecule has 6 heteroatoms. The molecule has 110 valence electrons. The van der Waals surface area contributed by atoms with Crippen LogP contribution in [0, 0.1) is 6.92 Å². The molecule has 3 N–H and O–H groups in total. The Hall–Kier alpha value is -2.08. The zero-order chi connectivity index (χ0) is 15.0. The molecule has 0 aromatic heterocycles. The van der Waals surface area contributed by atoms with E-state index >= 15 is 0 Å². The van der Waals surface area contributed by atoms with Gasteiger partial charge in [-0.15, -0.1) is 0 Å². The van der Waals surface area contributed by atoms with Gasteiger partial charge in [-0.05, 0) is 18.6 Å². The van der Waals surface area contributed by atoms with Gasteiger partial charge in [-0.25, -0.2) is 4.79 Å². The van der Waals surface area contributed by atoms with E-state index in [1.165, 1.54) is 0 Å². The number of aliphatic hydroxyl groups excluding tert-OH is 1. The van der Waals surface area contributed by atoms with Gasteiger partial charge in [-0.1, -0.05) is 18.2 Å². The molecule has 0 saturated heterocycles. The lowest BCUT2D eigenvalue weighted by Gasteiger charge is -2.13. The third-order valence-corrected chi connectivity index (χ3v) is 2.73. The monoisotopic (exact) mass is 281 g/mol. The van der Waals surface area contributed by atoms with E-state index in [2.05, 4.69) is 5.32 Å². The van der Waals surface area contributed by atoms with Crippen LogP contribution in [0.1, 0.15) is 18.4 Å². The molecule has 0 aliphatic rings. The van der Waals surface area contributed by atoms with Gasteiger partial charge in [0.25, 0.3) is 0 Å². The summed E-state index contributed by atoms with van der Waals surface area (Å²) in [6.07, 6.45) is 0.0449. The average Bonchev–Trinajstić information content (AvgIpc) is 2.40. The lowest BCUT2D eigenvalue weighted by molar-refractivity contribution is -0.142. The van der Waals surface area contributed by atoms with Crippen molar-refractivity contribution in [3.63, 3.8) is 0 Å². The molecular formula is C14H19NO5. The van der Waals surface area contributed by atoms with E-state index in [4.69, 9.17) is 14.9 Å². The highest BCUT2D eigenvalue weighted by Crippen LogP contribution is 2.16. The van der Waals surface area contributed by atoms with Crippen LogP contribution in [0.2, 0.25) is 0 Å². The van der Waals surface area contributed by atoms with Crippen molar-refractivity contribution in [3.05, 3.63) is 29.8 Å². The number of carbonyl (C=O) groups is 2. The molecule has 1 aromatic carbocycles. The summed E-state index contributed by atoms with van der Waals surface area (Å²) in [7, 11) is 0. The first-order valence-electron chi connectivity index (χ1n) is 6.36. The lowest BCUT2D eigenvalue weighted by atomic mass is 10.2. The first-order valence-corrected chi connectivity index (χ1v) is 6.36. The Morgan fingerprint density at radius 1 is 1.35 bits per heavy atom. The largest absolute Gasteiger partial charge is 0.493 e. The van der Waals surface area contributed by atoms with Gasteiger partial charge < -0.3 is 20.3 Å². The number of ether oxygens (including phenoxy) is 1. The first-order chi connectivity index (χ1) is 9.54. The molecule has 0 heterocycles. The van der Waals surface area contributed by atoms with E-state index in [0.717, 1.165) is 5.56 Å². The Bertz CT molecular complexity index is 461. The van der Waals surface area contributed by atoms with Crippen LogP contribution >= 0.6 is 0 Å². The highest BCUT2D eigenvalue weighted by Gasteiger charge is 2.18. The van der Waals surface area contributed by atoms with E-state index in [9.17, 15) is 9.59 Å². The summed E-state index contributed by atoms with van der Waals surface area (Å²) < 4.78 is 5.45. The maximum Gasteiger partial charge on any atom is 0.326 e. The third-order valence-electron chi connectivity index (χ3n) is 2.73. The first kappa shape index (κ1) is 16.0. The Morgan fingerprint density at radius 3 is 2.65 bits per heavy atom. The minimum Gasteiger partial charge on any atom is -0.493 e. The Morgan fingerprint density at radius 2 is 2.05 bits per heavy atom. The van der Waals surface area contributed by atoms with Crippen LogP contribution in [-0.4, -0.2) is 41.3 Å². The summed E-state index contributed by atoms with van der Waals surface area (Å²) >= 11 is 0. The second-order valence-electron chi connectivity index (χ2n) is 4.33. The van der Waals surface area contributed by atoms with Crippen molar-refractivity contribution in [2.24, 2.45) is 0 Å². The van der Waals surface area contributed by atoms with Crippen molar-refractivity contribution in [2.45, 2.75) is 25.8 Å². The lowest BCUT2D eigenvalue weighted by Crippen LogP contribution is -2.41. The molecule has 20 heavy (non-hydrogen) atoms. The SMILES string of the molecule is Cc1ccccc1OCCC(=O)NC(CCO)C(=O)O. The van der Waals surface area contributed by atoms with Gasteiger partial charge >= 0.3 is 5.97 Å². The zero-order valence-corrected chi connectivity index (χ0v) is 11.3. The molecule has 1 aromatic rings. The molecule has 0 radical (unpaired) electrons. The number of para-hydroxylation sites is 1. The van der Waals surface area contributed by atoms with Gasteiger partial charge in [0.15, 0.2) is 0 Å². The Kier molecular flexibility index (Phi) is 6.52. The molecule has 0 aliphatic carbocycles. The van der Waals surface area contributed by atoms with Crippen molar-refractivity contribution in [2.75, 3.05) is 13.2 Å². The number of amides is 1. The number of aryl methyl sites for hydroxylation is 1.